The summed E-state index contributed by atoms with van der Waals surface area (Å²) in [5.41, 5.74) is 8.19. The Morgan fingerprint density at radius 1 is 1.58 bits per heavy atom. The highest BCUT2D eigenvalue weighted by Gasteiger charge is 2.21. The molecule has 5 nitrogen and oxygen atoms in total. The van der Waals surface area contributed by atoms with Gasteiger partial charge in [0.2, 0.25) is 5.91 Å². The molecule has 0 aromatic heterocycles. The Morgan fingerprint density at radius 2 is 2.37 bits per heavy atom. The molecule has 1 amide bonds. The number of rotatable bonds is 4. The van der Waals surface area contributed by atoms with Crippen molar-refractivity contribution in [3.05, 3.63) is 23.8 Å². The fourth-order valence-corrected chi connectivity index (χ4v) is 2.20. The molecule has 1 aliphatic heterocycles. The van der Waals surface area contributed by atoms with Gasteiger partial charge in [-0.1, -0.05) is 6.07 Å². The van der Waals surface area contributed by atoms with Crippen LogP contribution in [0.15, 0.2) is 18.2 Å². The number of amides is 1. The number of benzene rings is 1. The molecule has 1 aliphatic rings. The Kier molecular flexibility index (Phi) is 4.39. The molecule has 19 heavy (non-hydrogen) atoms. The summed E-state index contributed by atoms with van der Waals surface area (Å²) < 4.78 is 5.32. The third kappa shape index (κ3) is 3.45. The van der Waals surface area contributed by atoms with Crippen LogP contribution in [0.5, 0.6) is 0 Å². The van der Waals surface area contributed by atoms with Crippen molar-refractivity contribution in [2.45, 2.75) is 19.4 Å². The lowest BCUT2D eigenvalue weighted by molar-refractivity contribution is -0.117. The lowest BCUT2D eigenvalue weighted by Crippen LogP contribution is -2.38. The smallest absolute Gasteiger partial charge is 0.238 e. The molecule has 3 N–H and O–H groups in total. The van der Waals surface area contributed by atoms with Gasteiger partial charge in [-0.2, -0.15) is 0 Å². The molecule has 0 spiro atoms. The van der Waals surface area contributed by atoms with Gasteiger partial charge in [0.05, 0.1) is 13.2 Å². The fraction of sp³-hybridized carbons (Fsp3) is 0.500. The van der Waals surface area contributed by atoms with E-state index in [0.29, 0.717) is 24.9 Å². The van der Waals surface area contributed by atoms with E-state index in [2.05, 4.69) is 5.32 Å². The normalized spacial score (nSPS) is 18.8. The summed E-state index contributed by atoms with van der Waals surface area (Å²) in [6.07, 6.45) is 0.987. The number of likely N-dealkylation sites (N-methyl/N-ethyl adjacent to an activating group) is 1. The summed E-state index contributed by atoms with van der Waals surface area (Å²) in [5.74, 6) is -0.0249. The molecule has 1 fully saturated rings. The maximum atomic E-state index is 12.0. The average Bonchev–Trinajstić information content (AvgIpc) is 2.88. The number of nitrogens with one attached hydrogen (secondary N) is 1. The molecule has 0 saturated carbocycles. The van der Waals surface area contributed by atoms with Crippen molar-refractivity contribution >= 4 is 17.3 Å². The van der Waals surface area contributed by atoms with Gasteiger partial charge in [0.1, 0.15) is 0 Å². The number of ether oxygens (including phenoxy) is 1. The highest BCUT2D eigenvalue weighted by atomic mass is 16.5. The minimum atomic E-state index is -0.0249. The molecule has 1 heterocycles. The number of nitrogen functional groups attached to an aromatic ring is 1. The van der Waals surface area contributed by atoms with Gasteiger partial charge in [0.15, 0.2) is 0 Å². The molecule has 0 bridgehead atoms. The van der Waals surface area contributed by atoms with Crippen LogP contribution in [0.4, 0.5) is 11.4 Å². The molecule has 5 heteroatoms. The van der Waals surface area contributed by atoms with E-state index in [1.54, 1.807) is 0 Å². The van der Waals surface area contributed by atoms with Gasteiger partial charge >= 0.3 is 0 Å². The zero-order valence-electron chi connectivity index (χ0n) is 11.5. The maximum absolute atomic E-state index is 12.0. The zero-order valence-corrected chi connectivity index (χ0v) is 11.5. The highest BCUT2D eigenvalue weighted by molar-refractivity contribution is 5.93. The second kappa shape index (κ2) is 6.04. The van der Waals surface area contributed by atoms with Crippen LogP contribution >= 0.6 is 0 Å². The molecule has 1 saturated heterocycles. The summed E-state index contributed by atoms with van der Waals surface area (Å²) in [6, 6.07) is 5.87. The molecular weight excluding hydrogens is 242 g/mol. The Bertz CT molecular complexity index is 456. The van der Waals surface area contributed by atoms with Crippen LogP contribution in [0.1, 0.15) is 12.0 Å². The monoisotopic (exact) mass is 263 g/mol. The lowest BCUT2D eigenvalue weighted by atomic mass is 10.1. The largest absolute Gasteiger partial charge is 0.398 e. The van der Waals surface area contributed by atoms with Crippen LogP contribution in [0.2, 0.25) is 0 Å². The first kappa shape index (κ1) is 13.8. The maximum Gasteiger partial charge on any atom is 0.238 e. The van der Waals surface area contributed by atoms with Crippen LogP contribution < -0.4 is 11.1 Å². The molecule has 1 aromatic carbocycles. The number of hydrogen-bond acceptors (Lipinski definition) is 4. The van der Waals surface area contributed by atoms with Crippen LogP contribution in [0, 0.1) is 6.92 Å². The second-order valence-corrected chi connectivity index (χ2v) is 5.00. The van der Waals surface area contributed by atoms with E-state index in [0.717, 1.165) is 24.3 Å². The van der Waals surface area contributed by atoms with E-state index in [1.807, 2.05) is 37.1 Å². The Morgan fingerprint density at radius 3 is 3.05 bits per heavy atom. The molecule has 0 aliphatic carbocycles. The molecule has 1 aromatic rings. The molecule has 1 atom stereocenters. The predicted molar refractivity (Wildman–Crippen MR) is 76.1 cm³/mol. The van der Waals surface area contributed by atoms with Crippen LogP contribution in [0.25, 0.3) is 0 Å². The SMILES string of the molecule is Cc1c(N)cccc1NC(=O)CN(C)C1CCOC1. The highest BCUT2D eigenvalue weighted by Crippen LogP contribution is 2.20. The van der Waals surface area contributed by atoms with Gasteiger partial charge in [-0.25, -0.2) is 0 Å². The van der Waals surface area contributed by atoms with Crippen molar-refractivity contribution < 1.29 is 9.53 Å². The topological polar surface area (TPSA) is 67.6 Å². The van der Waals surface area contributed by atoms with Gasteiger partial charge in [-0.05, 0) is 38.1 Å². The predicted octanol–water partition coefficient (Wildman–Crippen LogP) is 1.24. The number of nitrogens with two attached hydrogens (primary N) is 1. The van der Waals surface area contributed by atoms with Gasteiger partial charge in [-0.3, -0.25) is 9.69 Å². The number of carbonyl (C=O) groups excluding carboxylic acids is 1. The van der Waals surface area contributed by atoms with E-state index >= 15 is 0 Å². The summed E-state index contributed by atoms with van der Waals surface area (Å²) >= 11 is 0. The standard InChI is InChI=1S/C14H21N3O2/c1-10-12(15)4-3-5-13(10)16-14(18)8-17(2)11-6-7-19-9-11/h3-5,11H,6-9,15H2,1-2H3,(H,16,18). The molecule has 2 rings (SSSR count). The van der Waals surface area contributed by atoms with Crippen molar-refractivity contribution in [3.8, 4) is 0 Å². The van der Waals surface area contributed by atoms with Crippen molar-refractivity contribution in [1.29, 1.82) is 0 Å². The van der Waals surface area contributed by atoms with Crippen molar-refractivity contribution in [3.63, 3.8) is 0 Å². The van der Waals surface area contributed by atoms with Crippen LogP contribution in [0.3, 0.4) is 0 Å². The molecule has 1 unspecified atom stereocenters. The average molecular weight is 263 g/mol. The van der Waals surface area contributed by atoms with Crippen LogP contribution in [-0.4, -0.2) is 43.7 Å². The van der Waals surface area contributed by atoms with Gasteiger partial charge < -0.3 is 15.8 Å². The number of anilines is 2. The quantitative estimate of drug-likeness (QED) is 0.802. The first-order valence-corrected chi connectivity index (χ1v) is 6.51. The van der Waals surface area contributed by atoms with Gasteiger partial charge in [-0.15, -0.1) is 0 Å². The van der Waals surface area contributed by atoms with Gasteiger partial charge in [0.25, 0.3) is 0 Å². The zero-order chi connectivity index (χ0) is 13.8. The van der Waals surface area contributed by atoms with Crippen molar-refractivity contribution in [2.75, 3.05) is 37.9 Å². The van der Waals surface area contributed by atoms with E-state index in [9.17, 15) is 4.79 Å². The van der Waals surface area contributed by atoms with Crippen molar-refractivity contribution in [1.82, 2.24) is 4.90 Å². The van der Waals surface area contributed by atoms with E-state index in [4.69, 9.17) is 10.5 Å². The Hall–Kier alpha value is -1.59. The number of hydrogen-bond donors (Lipinski definition) is 2. The Labute approximate surface area is 113 Å². The Balaban J connectivity index is 1.91. The van der Waals surface area contributed by atoms with E-state index < -0.39 is 0 Å². The third-order valence-corrected chi connectivity index (χ3v) is 3.57. The molecular formula is C14H21N3O2. The van der Waals surface area contributed by atoms with Gasteiger partial charge in [0, 0.05) is 24.0 Å². The molecule has 104 valence electrons. The first-order chi connectivity index (χ1) is 9.08. The number of carbonyl (C=O) groups is 1. The summed E-state index contributed by atoms with van der Waals surface area (Å²) in [5, 5.41) is 2.90. The lowest BCUT2D eigenvalue weighted by Gasteiger charge is -2.22. The third-order valence-electron chi connectivity index (χ3n) is 3.57. The summed E-state index contributed by atoms with van der Waals surface area (Å²) in [6.45, 7) is 3.76. The fourth-order valence-electron chi connectivity index (χ4n) is 2.20. The van der Waals surface area contributed by atoms with Crippen LogP contribution in [-0.2, 0) is 9.53 Å². The molecule has 0 radical (unpaired) electrons. The summed E-state index contributed by atoms with van der Waals surface area (Å²) in [7, 11) is 1.95. The first-order valence-electron chi connectivity index (χ1n) is 6.51. The van der Waals surface area contributed by atoms with Crippen molar-refractivity contribution in [2.24, 2.45) is 0 Å². The van der Waals surface area contributed by atoms with E-state index in [1.165, 1.54) is 0 Å². The summed E-state index contributed by atoms with van der Waals surface area (Å²) in [4.78, 5) is 14.0. The number of nitrogens with zero attached hydrogens (tertiary/aromatic N) is 1. The minimum absolute atomic E-state index is 0.0249. The minimum Gasteiger partial charge on any atom is -0.398 e. The van der Waals surface area contributed by atoms with E-state index in [-0.39, 0.29) is 5.91 Å². The second-order valence-electron chi connectivity index (χ2n) is 5.00.